The second-order valence-electron chi connectivity index (χ2n) is 5.19. The molecule has 25 heavy (non-hydrogen) atoms. The SMILES string of the molecule is COc1ccc(-c2ccc(/C=N/NC(=O)c3cc(C)[nH]n3)o2)cc1Cl. The molecule has 1 amide bonds. The first-order chi connectivity index (χ1) is 12.1. The lowest BCUT2D eigenvalue weighted by atomic mass is 10.2. The van der Waals surface area contributed by atoms with Crippen LogP contribution in [0.1, 0.15) is 21.9 Å². The number of benzene rings is 1. The van der Waals surface area contributed by atoms with Gasteiger partial charge < -0.3 is 9.15 Å². The molecule has 0 spiro atoms. The van der Waals surface area contributed by atoms with Crippen molar-refractivity contribution in [3.63, 3.8) is 0 Å². The molecule has 0 bridgehead atoms. The Morgan fingerprint density at radius 2 is 2.20 bits per heavy atom. The number of carbonyl (C=O) groups is 1. The van der Waals surface area contributed by atoms with Crippen molar-refractivity contribution in [3.8, 4) is 17.1 Å². The maximum Gasteiger partial charge on any atom is 0.291 e. The van der Waals surface area contributed by atoms with E-state index in [2.05, 4.69) is 20.7 Å². The Labute approximate surface area is 148 Å². The van der Waals surface area contributed by atoms with E-state index >= 15 is 0 Å². The topological polar surface area (TPSA) is 92.5 Å². The summed E-state index contributed by atoms with van der Waals surface area (Å²) in [7, 11) is 1.56. The van der Waals surface area contributed by atoms with E-state index in [9.17, 15) is 4.79 Å². The molecule has 0 atom stereocenters. The van der Waals surface area contributed by atoms with Gasteiger partial charge in [0.2, 0.25) is 0 Å². The van der Waals surface area contributed by atoms with Crippen molar-refractivity contribution >= 4 is 23.7 Å². The summed E-state index contributed by atoms with van der Waals surface area (Å²) in [4.78, 5) is 11.8. The molecule has 0 saturated carbocycles. The monoisotopic (exact) mass is 358 g/mol. The molecule has 0 fully saturated rings. The molecule has 0 aliphatic carbocycles. The fourth-order valence-corrected chi connectivity index (χ4v) is 2.40. The van der Waals surface area contributed by atoms with E-state index in [1.165, 1.54) is 6.21 Å². The van der Waals surface area contributed by atoms with Gasteiger partial charge in [0.05, 0.1) is 18.3 Å². The van der Waals surface area contributed by atoms with Crippen LogP contribution in [0.25, 0.3) is 11.3 Å². The van der Waals surface area contributed by atoms with Crippen molar-refractivity contribution in [1.29, 1.82) is 0 Å². The van der Waals surface area contributed by atoms with Crippen molar-refractivity contribution in [2.75, 3.05) is 7.11 Å². The van der Waals surface area contributed by atoms with E-state index in [0.29, 0.717) is 22.3 Å². The van der Waals surface area contributed by atoms with E-state index in [0.717, 1.165) is 11.3 Å². The molecule has 3 aromatic rings. The number of furan rings is 1. The second-order valence-corrected chi connectivity index (χ2v) is 5.59. The van der Waals surface area contributed by atoms with E-state index < -0.39 is 5.91 Å². The normalized spacial score (nSPS) is 11.0. The van der Waals surface area contributed by atoms with Crippen molar-refractivity contribution in [3.05, 3.63) is 58.6 Å². The van der Waals surface area contributed by atoms with Crippen LogP contribution in [0.4, 0.5) is 0 Å². The van der Waals surface area contributed by atoms with E-state index in [1.807, 2.05) is 13.0 Å². The average Bonchev–Trinajstić information content (AvgIpc) is 3.24. The zero-order valence-electron chi connectivity index (χ0n) is 13.5. The first-order valence-corrected chi connectivity index (χ1v) is 7.74. The molecule has 2 aromatic heterocycles. The van der Waals surface area contributed by atoms with Gasteiger partial charge in [-0.3, -0.25) is 9.89 Å². The molecule has 0 aliphatic heterocycles. The third kappa shape index (κ3) is 3.89. The molecule has 128 valence electrons. The van der Waals surface area contributed by atoms with E-state index in [1.54, 1.807) is 37.4 Å². The fraction of sp³-hybridized carbons (Fsp3) is 0.118. The summed E-state index contributed by atoms with van der Waals surface area (Å²) < 4.78 is 10.8. The van der Waals surface area contributed by atoms with Gasteiger partial charge in [-0.05, 0) is 43.3 Å². The number of H-pyrrole nitrogens is 1. The van der Waals surface area contributed by atoms with Gasteiger partial charge in [-0.2, -0.15) is 10.2 Å². The number of halogens is 1. The highest BCUT2D eigenvalue weighted by molar-refractivity contribution is 6.32. The Morgan fingerprint density at radius 3 is 2.88 bits per heavy atom. The van der Waals surface area contributed by atoms with Crippen LogP contribution in [0.2, 0.25) is 5.02 Å². The third-order valence-electron chi connectivity index (χ3n) is 3.36. The first kappa shape index (κ1) is 16.8. The standard InChI is InChI=1S/C17H15ClN4O3/c1-10-7-14(21-20-10)17(23)22-19-9-12-4-6-15(25-12)11-3-5-16(24-2)13(18)8-11/h3-9H,1-2H3,(H,20,21)(H,22,23)/b19-9+. The van der Waals surface area contributed by atoms with Gasteiger partial charge in [0.1, 0.15) is 17.3 Å². The number of nitrogens with one attached hydrogen (secondary N) is 2. The van der Waals surface area contributed by atoms with Gasteiger partial charge in [-0.15, -0.1) is 0 Å². The lowest BCUT2D eigenvalue weighted by Gasteiger charge is -2.04. The number of aryl methyl sites for hydroxylation is 1. The van der Waals surface area contributed by atoms with Crippen molar-refractivity contribution in [1.82, 2.24) is 15.6 Å². The summed E-state index contributed by atoms with van der Waals surface area (Å²) in [5, 5.41) is 10.9. The quantitative estimate of drug-likeness (QED) is 0.540. The largest absolute Gasteiger partial charge is 0.495 e. The van der Waals surface area contributed by atoms with Crippen LogP contribution in [-0.4, -0.2) is 29.4 Å². The molecular weight excluding hydrogens is 344 g/mol. The van der Waals surface area contributed by atoms with Crippen LogP contribution in [0, 0.1) is 6.92 Å². The Balaban J connectivity index is 1.67. The molecule has 0 radical (unpaired) electrons. The number of amides is 1. The molecule has 0 aliphatic rings. The van der Waals surface area contributed by atoms with Crippen LogP contribution in [0.15, 0.2) is 45.9 Å². The molecule has 7 nitrogen and oxygen atoms in total. The lowest BCUT2D eigenvalue weighted by Crippen LogP contribution is -2.17. The second kappa shape index (κ2) is 7.23. The number of hydrazone groups is 1. The highest BCUT2D eigenvalue weighted by Crippen LogP contribution is 2.30. The highest BCUT2D eigenvalue weighted by Gasteiger charge is 2.09. The maximum absolute atomic E-state index is 11.8. The van der Waals surface area contributed by atoms with Gasteiger partial charge in [-0.1, -0.05) is 11.6 Å². The average molecular weight is 359 g/mol. The number of aromatic nitrogens is 2. The minimum Gasteiger partial charge on any atom is -0.495 e. The number of aromatic amines is 1. The molecular formula is C17H15ClN4O3. The van der Waals surface area contributed by atoms with E-state index in [-0.39, 0.29) is 5.69 Å². The van der Waals surface area contributed by atoms with Gasteiger partial charge in [0, 0.05) is 11.3 Å². The van der Waals surface area contributed by atoms with Crippen molar-refractivity contribution in [2.24, 2.45) is 5.10 Å². The Kier molecular flexibility index (Phi) is 4.85. The van der Waals surface area contributed by atoms with E-state index in [4.69, 9.17) is 20.8 Å². The smallest absolute Gasteiger partial charge is 0.291 e. The van der Waals surface area contributed by atoms with Crippen LogP contribution in [0.5, 0.6) is 5.75 Å². The summed E-state index contributed by atoms with van der Waals surface area (Å²) >= 11 is 6.12. The zero-order chi connectivity index (χ0) is 17.8. The Hall–Kier alpha value is -3.06. The number of methoxy groups -OCH3 is 1. The summed E-state index contributed by atoms with van der Waals surface area (Å²) in [6.45, 7) is 1.81. The molecule has 2 N–H and O–H groups in total. The maximum atomic E-state index is 11.8. The first-order valence-electron chi connectivity index (χ1n) is 7.36. The number of carbonyl (C=O) groups excluding carboxylic acids is 1. The molecule has 0 saturated heterocycles. The van der Waals surface area contributed by atoms with Gasteiger partial charge in [0.15, 0.2) is 5.69 Å². The number of nitrogens with zero attached hydrogens (tertiary/aromatic N) is 2. The van der Waals surface area contributed by atoms with Crippen molar-refractivity contribution < 1.29 is 13.9 Å². The predicted octanol–water partition coefficient (Wildman–Crippen LogP) is 3.40. The lowest BCUT2D eigenvalue weighted by molar-refractivity contribution is 0.0950. The number of rotatable bonds is 5. The van der Waals surface area contributed by atoms with Crippen LogP contribution >= 0.6 is 11.6 Å². The zero-order valence-corrected chi connectivity index (χ0v) is 14.3. The highest BCUT2D eigenvalue weighted by atomic mass is 35.5. The molecule has 2 heterocycles. The fourth-order valence-electron chi connectivity index (χ4n) is 2.14. The van der Waals surface area contributed by atoms with Crippen LogP contribution in [0.3, 0.4) is 0 Å². The summed E-state index contributed by atoms with van der Waals surface area (Å²) in [6, 6.07) is 10.5. The van der Waals surface area contributed by atoms with Gasteiger partial charge >= 0.3 is 0 Å². The van der Waals surface area contributed by atoms with Gasteiger partial charge in [-0.25, -0.2) is 5.43 Å². The predicted molar refractivity (Wildman–Crippen MR) is 94.1 cm³/mol. The molecule has 3 rings (SSSR count). The molecule has 0 unspecified atom stereocenters. The molecule has 8 heteroatoms. The number of hydrogen-bond acceptors (Lipinski definition) is 5. The minimum absolute atomic E-state index is 0.266. The Bertz CT molecular complexity index is 930. The van der Waals surface area contributed by atoms with Crippen LogP contribution < -0.4 is 10.2 Å². The number of ether oxygens (including phenoxy) is 1. The minimum atomic E-state index is -0.408. The van der Waals surface area contributed by atoms with Crippen LogP contribution in [-0.2, 0) is 0 Å². The molecule has 1 aromatic carbocycles. The summed E-state index contributed by atoms with van der Waals surface area (Å²) in [6.07, 6.45) is 1.41. The van der Waals surface area contributed by atoms with Gasteiger partial charge in [0.25, 0.3) is 5.91 Å². The third-order valence-corrected chi connectivity index (χ3v) is 3.65. The summed E-state index contributed by atoms with van der Waals surface area (Å²) in [5.41, 5.74) is 4.25. The number of hydrogen-bond donors (Lipinski definition) is 2. The Morgan fingerprint density at radius 1 is 1.36 bits per heavy atom. The van der Waals surface area contributed by atoms with Crippen molar-refractivity contribution in [2.45, 2.75) is 6.92 Å². The summed E-state index contributed by atoms with van der Waals surface area (Å²) in [5.74, 6) is 1.30.